The molecule has 0 rings (SSSR count). The highest BCUT2D eigenvalue weighted by molar-refractivity contribution is 8.28. The first-order valence-corrected chi connectivity index (χ1v) is 12.9. The Morgan fingerprint density at radius 1 is 1.21 bits per heavy atom. The Balaban J connectivity index is 4.02. The first-order chi connectivity index (χ1) is 8.40. The molecule has 0 aliphatic carbocycles. The molecule has 0 amide bonds. The van der Waals surface area contributed by atoms with Crippen LogP contribution in [0.4, 0.5) is 0 Å². The summed E-state index contributed by atoms with van der Waals surface area (Å²) >= 11 is 0. The Kier molecular flexibility index (Phi) is 7.13. The lowest BCUT2D eigenvalue weighted by atomic mass is 9.91. The number of carbonyl (C=O) groups excluding carboxylic acids is 1. The van der Waals surface area contributed by atoms with Crippen molar-refractivity contribution in [1.29, 1.82) is 0 Å². The van der Waals surface area contributed by atoms with Gasteiger partial charge in [0.05, 0.1) is 12.0 Å². The maximum absolute atomic E-state index is 11.8. The molecule has 0 atom stereocenters. The van der Waals surface area contributed by atoms with Crippen molar-refractivity contribution in [3.8, 4) is 0 Å². The van der Waals surface area contributed by atoms with Gasteiger partial charge < -0.3 is 8.61 Å². The lowest BCUT2D eigenvalue weighted by Gasteiger charge is -2.36. The molecule has 0 aliphatic heterocycles. The number of rotatable bonds is 8. The predicted octanol–water partition coefficient (Wildman–Crippen LogP) is 4.19. The monoisotopic (exact) mass is 308 g/mol. The Hall–Kier alpha value is -0.00312. The molecule has 116 valence electrons. The first kappa shape index (κ1) is 19.0. The molecule has 0 aromatic heterocycles. The molecule has 0 saturated heterocycles. The smallest absolute Gasteiger partial charge is 0.311 e. The van der Waals surface area contributed by atoms with Gasteiger partial charge in [-0.25, -0.2) is 0 Å². The van der Waals surface area contributed by atoms with E-state index < -0.39 is 18.6 Å². The van der Waals surface area contributed by atoms with E-state index in [1.807, 2.05) is 20.8 Å². The van der Waals surface area contributed by atoms with Crippen molar-refractivity contribution in [2.75, 3.05) is 25.4 Å². The molecule has 0 bridgehead atoms. The molecule has 0 radical (unpaired) electrons. The fraction of sp³-hybridized carbons (Fsp3) is 0.929. The molecule has 0 aliphatic rings. The van der Waals surface area contributed by atoms with Gasteiger partial charge in [0.2, 0.25) is 8.32 Å². The van der Waals surface area contributed by atoms with E-state index in [4.69, 9.17) is 8.61 Å². The summed E-state index contributed by atoms with van der Waals surface area (Å²) in [6, 6.07) is 1.04. The molecule has 0 spiro atoms. The van der Waals surface area contributed by atoms with Crippen LogP contribution in [0.15, 0.2) is 0 Å². The van der Waals surface area contributed by atoms with Crippen molar-refractivity contribution >= 4 is 24.6 Å². The molecule has 0 saturated carbocycles. The topological polar surface area (TPSA) is 35.5 Å². The largest absolute Gasteiger partial charge is 0.465 e. The molecule has 0 fully saturated rings. The van der Waals surface area contributed by atoms with Crippen molar-refractivity contribution in [3.63, 3.8) is 0 Å². The molecule has 0 aromatic rings. The van der Waals surface area contributed by atoms with Crippen LogP contribution in [-0.4, -0.2) is 39.7 Å². The molecule has 0 unspecified atom stereocenters. The molecule has 3 nitrogen and oxygen atoms in total. The lowest BCUT2D eigenvalue weighted by Crippen LogP contribution is -2.32. The third-order valence-corrected chi connectivity index (χ3v) is 8.43. The van der Waals surface area contributed by atoms with Crippen LogP contribution >= 0.6 is 10.3 Å². The van der Waals surface area contributed by atoms with Crippen LogP contribution in [0.1, 0.15) is 33.6 Å². The van der Waals surface area contributed by atoms with E-state index in [-0.39, 0.29) is 11.4 Å². The Bertz CT molecular complexity index is 296. The SMILES string of the molecule is CCC(C)(C)C(=O)OCCC[Si](C)(C)OS(C)(C)C. The zero-order valence-corrected chi connectivity index (χ0v) is 15.8. The van der Waals surface area contributed by atoms with Crippen LogP contribution < -0.4 is 0 Å². The molecule has 0 heterocycles. The quantitative estimate of drug-likeness (QED) is 0.383. The standard InChI is InChI=1S/C14H32O3SSi/c1-9-14(2,3)13(15)16-11-10-12-19(7,8)17-18(4,5)6/h9-12H2,1-8H3. The van der Waals surface area contributed by atoms with Gasteiger partial charge in [-0.15, -0.1) is 0 Å². The molecular formula is C14H32O3SSi. The fourth-order valence-electron chi connectivity index (χ4n) is 1.72. The van der Waals surface area contributed by atoms with E-state index >= 15 is 0 Å². The van der Waals surface area contributed by atoms with Gasteiger partial charge in [-0.1, -0.05) is 6.92 Å². The van der Waals surface area contributed by atoms with E-state index in [0.29, 0.717) is 6.61 Å². The van der Waals surface area contributed by atoms with Crippen molar-refractivity contribution in [3.05, 3.63) is 0 Å². The first-order valence-electron chi connectivity index (χ1n) is 6.96. The maximum atomic E-state index is 11.8. The van der Waals surface area contributed by atoms with Crippen molar-refractivity contribution in [1.82, 2.24) is 0 Å². The summed E-state index contributed by atoms with van der Waals surface area (Å²) in [6.45, 7) is 10.9. The van der Waals surface area contributed by atoms with Gasteiger partial charge in [-0.2, -0.15) is 10.3 Å². The van der Waals surface area contributed by atoms with Gasteiger partial charge in [0.15, 0.2) is 0 Å². The van der Waals surface area contributed by atoms with Crippen LogP contribution in [-0.2, 0) is 13.4 Å². The van der Waals surface area contributed by atoms with Crippen LogP contribution in [0.5, 0.6) is 0 Å². The second kappa shape index (κ2) is 7.13. The second-order valence-corrected chi connectivity index (χ2v) is 15.2. The summed E-state index contributed by atoms with van der Waals surface area (Å²) in [5.41, 5.74) is -0.362. The second-order valence-electron chi connectivity index (χ2n) is 7.04. The van der Waals surface area contributed by atoms with Gasteiger partial charge in [-0.05, 0) is 64.6 Å². The van der Waals surface area contributed by atoms with Crippen LogP contribution in [0.3, 0.4) is 0 Å². The maximum Gasteiger partial charge on any atom is 0.311 e. The summed E-state index contributed by atoms with van der Waals surface area (Å²) in [4.78, 5) is 11.8. The minimum Gasteiger partial charge on any atom is -0.465 e. The highest BCUT2D eigenvalue weighted by Crippen LogP contribution is 2.41. The zero-order valence-electron chi connectivity index (χ0n) is 14.0. The Labute approximate surface area is 122 Å². The van der Waals surface area contributed by atoms with Gasteiger partial charge in [-0.3, -0.25) is 4.79 Å². The van der Waals surface area contributed by atoms with E-state index in [0.717, 1.165) is 18.9 Å². The van der Waals surface area contributed by atoms with E-state index in [1.165, 1.54) is 0 Å². The average Bonchev–Trinajstić information content (AvgIpc) is 2.20. The minimum atomic E-state index is -1.62. The molecule has 19 heavy (non-hydrogen) atoms. The lowest BCUT2D eigenvalue weighted by molar-refractivity contribution is -0.154. The van der Waals surface area contributed by atoms with Crippen LogP contribution in [0.2, 0.25) is 19.1 Å². The van der Waals surface area contributed by atoms with Gasteiger partial charge in [0.1, 0.15) is 0 Å². The number of hydrogen-bond donors (Lipinski definition) is 0. The van der Waals surface area contributed by atoms with E-state index in [2.05, 4.69) is 31.9 Å². The number of ether oxygens (including phenoxy) is 1. The third kappa shape index (κ3) is 8.71. The van der Waals surface area contributed by atoms with Crippen LogP contribution in [0, 0.1) is 5.41 Å². The summed E-state index contributed by atoms with van der Waals surface area (Å²) < 4.78 is 11.6. The number of carbonyl (C=O) groups is 1. The highest BCUT2D eigenvalue weighted by Gasteiger charge is 2.29. The average molecular weight is 309 g/mol. The number of hydrogen-bond acceptors (Lipinski definition) is 3. The Morgan fingerprint density at radius 2 is 1.74 bits per heavy atom. The Morgan fingerprint density at radius 3 is 2.16 bits per heavy atom. The van der Waals surface area contributed by atoms with Crippen molar-refractivity contribution < 1.29 is 13.4 Å². The molecule has 0 N–H and O–H groups in total. The summed E-state index contributed by atoms with van der Waals surface area (Å²) in [6.07, 6.45) is 8.23. The molecular weight excluding hydrogens is 276 g/mol. The zero-order chi connectivity index (χ0) is 15.3. The van der Waals surface area contributed by atoms with Gasteiger partial charge in [0.25, 0.3) is 0 Å². The van der Waals surface area contributed by atoms with E-state index in [9.17, 15) is 4.79 Å². The highest BCUT2D eigenvalue weighted by atomic mass is 32.3. The van der Waals surface area contributed by atoms with Gasteiger partial charge in [0, 0.05) is 0 Å². The summed E-state index contributed by atoms with van der Waals surface area (Å²) in [5.74, 6) is -0.0863. The van der Waals surface area contributed by atoms with E-state index in [1.54, 1.807) is 0 Å². The fourth-order valence-corrected chi connectivity index (χ4v) is 8.46. The van der Waals surface area contributed by atoms with Gasteiger partial charge >= 0.3 is 5.97 Å². The molecule has 5 heteroatoms. The molecule has 0 aromatic carbocycles. The normalized spacial score (nSPS) is 14.3. The summed E-state index contributed by atoms with van der Waals surface area (Å²) in [7, 11) is -2.53. The van der Waals surface area contributed by atoms with Crippen molar-refractivity contribution in [2.24, 2.45) is 5.41 Å². The number of esters is 1. The van der Waals surface area contributed by atoms with Crippen molar-refractivity contribution in [2.45, 2.75) is 52.8 Å². The predicted molar refractivity (Wildman–Crippen MR) is 88.4 cm³/mol. The van der Waals surface area contributed by atoms with Crippen LogP contribution in [0.25, 0.3) is 0 Å². The third-order valence-electron chi connectivity index (χ3n) is 3.07. The minimum absolute atomic E-state index is 0.0863. The summed E-state index contributed by atoms with van der Waals surface area (Å²) in [5, 5.41) is 0.